The highest BCUT2D eigenvalue weighted by Gasteiger charge is 2.24. The number of hydrogen-bond acceptors (Lipinski definition) is 4. The van der Waals surface area contributed by atoms with E-state index in [1.807, 2.05) is 35.2 Å². The Hall–Kier alpha value is -1.70. The molecule has 0 atom stereocenters. The van der Waals surface area contributed by atoms with Crippen LogP contribution in [0.2, 0.25) is 0 Å². The minimum Gasteiger partial charge on any atom is -0.290 e. The fraction of sp³-hybridized carbons (Fsp3) is 0.250. The van der Waals surface area contributed by atoms with Crippen molar-refractivity contribution in [1.82, 2.24) is 14.7 Å². The van der Waals surface area contributed by atoms with Crippen molar-refractivity contribution in [3.8, 4) is 5.69 Å². The van der Waals surface area contributed by atoms with Gasteiger partial charge in [0.2, 0.25) is 0 Å². The summed E-state index contributed by atoms with van der Waals surface area (Å²) in [5, 5.41) is 4.27. The molecule has 7 heteroatoms. The van der Waals surface area contributed by atoms with Crippen LogP contribution < -0.4 is 4.89 Å². The highest BCUT2D eigenvalue weighted by molar-refractivity contribution is 7.89. The Morgan fingerprint density at radius 1 is 1.21 bits per heavy atom. The Balaban J connectivity index is 2.59. The van der Waals surface area contributed by atoms with E-state index in [1.54, 1.807) is 18.5 Å². The largest absolute Gasteiger partial charge is 0.290 e. The molecule has 1 heterocycles. The molecule has 2 rings (SSSR count). The lowest BCUT2D eigenvalue weighted by atomic mass is 10.3. The van der Waals surface area contributed by atoms with Gasteiger partial charge in [0.05, 0.1) is 24.2 Å². The summed E-state index contributed by atoms with van der Waals surface area (Å²) in [6.45, 7) is 3.36. The second kappa shape index (κ2) is 5.12. The first kappa shape index (κ1) is 13.7. The summed E-state index contributed by atoms with van der Waals surface area (Å²) in [5.74, 6) is 0. The van der Waals surface area contributed by atoms with Gasteiger partial charge in [-0.1, -0.05) is 23.1 Å². The van der Waals surface area contributed by atoms with E-state index in [0.717, 1.165) is 5.69 Å². The molecule has 0 bridgehead atoms. The van der Waals surface area contributed by atoms with Gasteiger partial charge in [-0.05, 0) is 26.0 Å². The van der Waals surface area contributed by atoms with Gasteiger partial charge in [-0.25, -0.2) is 13.1 Å². The molecule has 0 aliphatic heterocycles. The third-order valence-electron chi connectivity index (χ3n) is 2.69. The first-order valence-electron chi connectivity index (χ1n) is 5.64. The summed E-state index contributed by atoms with van der Waals surface area (Å²) < 4.78 is 25.7. The number of nitrogens with one attached hydrogen (secondary N) is 1. The van der Waals surface area contributed by atoms with E-state index in [4.69, 9.17) is 0 Å². The van der Waals surface area contributed by atoms with Gasteiger partial charge in [0.25, 0.3) is 10.0 Å². The molecule has 2 aromatic rings. The minimum atomic E-state index is -3.71. The van der Waals surface area contributed by atoms with Crippen molar-refractivity contribution in [2.75, 3.05) is 7.11 Å². The Kier molecular flexibility index (Phi) is 3.70. The second-order valence-corrected chi connectivity index (χ2v) is 5.62. The van der Waals surface area contributed by atoms with Gasteiger partial charge in [-0.15, -0.1) is 0 Å². The summed E-state index contributed by atoms with van der Waals surface area (Å²) in [6.07, 6.45) is 0. The summed E-state index contributed by atoms with van der Waals surface area (Å²) in [6, 6.07) is 9.35. The van der Waals surface area contributed by atoms with Crippen molar-refractivity contribution in [3.63, 3.8) is 0 Å². The summed E-state index contributed by atoms with van der Waals surface area (Å²) >= 11 is 0. The quantitative estimate of drug-likeness (QED) is 0.858. The van der Waals surface area contributed by atoms with Crippen molar-refractivity contribution >= 4 is 10.0 Å². The zero-order chi connectivity index (χ0) is 14.0. The Morgan fingerprint density at radius 3 is 2.42 bits per heavy atom. The van der Waals surface area contributed by atoms with E-state index in [0.29, 0.717) is 11.4 Å². The van der Waals surface area contributed by atoms with Gasteiger partial charge in [0.15, 0.2) is 0 Å². The first-order valence-corrected chi connectivity index (χ1v) is 7.12. The SMILES string of the molecule is CONS(=O)(=O)c1c(C)nn(-c2ccccc2)c1C. The first-order chi connectivity index (χ1) is 8.97. The predicted molar refractivity (Wildman–Crippen MR) is 70.4 cm³/mol. The Bertz CT molecular complexity index is 678. The topological polar surface area (TPSA) is 73.2 Å². The molecule has 0 unspecified atom stereocenters. The van der Waals surface area contributed by atoms with Crippen LogP contribution in [0.4, 0.5) is 0 Å². The predicted octanol–water partition coefficient (Wildman–Crippen LogP) is 1.33. The lowest BCUT2D eigenvalue weighted by molar-refractivity contribution is 0.153. The zero-order valence-corrected chi connectivity index (χ0v) is 11.7. The van der Waals surface area contributed by atoms with Crippen molar-refractivity contribution in [1.29, 1.82) is 0 Å². The van der Waals surface area contributed by atoms with Crippen LogP contribution in [0.25, 0.3) is 5.69 Å². The van der Waals surface area contributed by atoms with Gasteiger partial charge in [0, 0.05) is 0 Å². The van der Waals surface area contributed by atoms with Crippen molar-refractivity contribution < 1.29 is 13.3 Å². The molecular weight excluding hydrogens is 266 g/mol. The number of nitrogens with zero attached hydrogens (tertiary/aromatic N) is 2. The van der Waals surface area contributed by atoms with Crippen LogP contribution in [0.15, 0.2) is 35.2 Å². The molecule has 1 aromatic heterocycles. The van der Waals surface area contributed by atoms with Gasteiger partial charge >= 0.3 is 0 Å². The molecule has 0 saturated heterocycles. The Labute approximate surface area is 112 Å². The van der Waals surface area contributed by atoms with E-state index in [9.17, 15) is 8.42 Å². The minimum absolute atomic E-state index is 0.137. The third-order valence-corrected chi connectivity index (χ3v) is 4.20. The van der Waals surface area contributed by atoms with E-state index >= 15 is 0 Å². The van der Waals surface area contributed by atoms with Crippen molar-refractivity contribution in [2.45, 2.75) is 18.7 Å². The molecule has 0 amide bonds. The van der Waals surface area contributed by atoms with Gasteiger partial charge < -0.3 is 0 Å². The van der Waals surface area contributed by atoms with Crippen LogP contribution in [-0.2, 0) is 14.9 Å². The van der Waals surface area contributed by atoms with E-state index in [1.165, 1.54) is 7.11 Å². The lowest BCUT2D eigenvalue weighted by Crippen LogP contribution is -2.23. The van der Waals surface area contributed by atoms with Crippen LogP contribution in [0.1, 0.15) is 11.4 Å². The number of aryl methyl sites for hydroxylation is 1. The monoisotopic (exact) mass is 281 g/mol. The summed E-state index contributed by atoms with van der Waals surface area (Å²) in [4.78, 5) is 6.65. The van der Waals surface area contributed by atoms with E-state index < -0.39 is 10.0 Å². The standard InChI is InChI=1S/C12H15N3O3S/c1-9-12(19(16,17)14-18-3)10(2)15(13-9)11-7-5-4-6-8-11/h4-8,14H,1-3H3. The molecular formula is C12H15N3O3S. The molecule has 1 N–H and O–H groups in total. The van der Waals surface area contributed by atoms with Gasteiger partial charge in [0.1, 0.15) is 4.90 Å². The fourth-order valence-corrected chi connectivity index (χ4v) is 3.20. The molecule has 19 heavy (non-hydrogen) atoms. The van der Waals surface area contributed by atoms with Crippen LogP contribution in [0, 0.1) is 13.8 Å². The van der Waals surface area contributed by atoms with Gasteiger partial charge in [-0.3, -0.25) is 4.84 Å². The number of sulfonamides is 1. The molecule has 0 radical (unpaired) electrons. The number of aromatic nitrogens is 2. The summed E-state index contributed by atoms with van der Waals surface area (Å²) in [7, 11) is -2.46. The molecule has 6 nitrogen and oxygen atoms in total. The van der Waals surface area contributed by atoms with Crippen LogP contribution in [0.5, 0.6) is 0 Å². The van der Waals surface area contributed by atoms with Gasteiger partial charge in [-0.2, -0.15) is 5.10 Å². The normalized spacial score (nSPS) is 11.7. The number of hydrogen-bond donors (Lipinski definition) is 1. The Morgan fingerprint density at radius 2 is 1.84 bits per heavy atom. The van der Waals surface area contributed by atoms with Crippen molar-refractivity contribution in [2.24, 2.45) is 0 Å². The van der Waals surface area contributed by atoms with E-state index in [-0.39, 0.29) is 4.90 Å². The number of benzene rings is 1. The maximum absolute atomic E-state index is 12.0. The molecule has 102 valence electrons. The average Bonchev–Trinajstić information content (AvgIpc) is 2.66. The molecule has 0 saturated carbocycles. The molecule has 0 fully saturated rings. The van der Waals surface area contributed by atoms with Crippen LogP contribution in [0.3, 0.4) is 0 Å². The van der Waals surface area contributed by atoms with Crippen LogP contribution >= 0.6 is 0 Å². The number of rotatable bonds is 4. The zero-order valence-electron chi connectivity index (χ0n) is 10.9. The fourth-order valence-electron chi connectivity index (χ4n) is 1.99. The highest BCUT2D eigenvalue weighted by Crippen LogP contribution is 2.22. The second-order valence-electron chi connectivity index (χ2n) is 4.04. The molecule has 1 aromatic carbocycles. The lowest BCUT2D eigenvalue weighted by Gasteiger charge is -2.06. The number of para-hydroxylation sites is 1. The third kappa shape index (κ3) is 2.53. The maximum Gasteiger partial charge on any atom is 0.266 e. The smallest absolute Gasteiger partial charge is 0.266 e. The average molecular weight is 281 g/mol. The van der Waals surface area contributed by atoms with Crippen LogP contribution in [-0.4, -0.2) is 25.3 Å². The molecule has 0 spiro atoms. The maximum atomic E-state index is 12.0. The molecule has 0 aliphatic carbocycles. The van der Waals surface area contributed by atoms with E-state index in [2.05, 4.69) is 9.94 Å². The summed E-state index contributed by atoms with van der Waals surface area (Å²) in [5.41, 5.74) is 1.76. The molecule has 0 aliphatic rings. The van der Waals surface area contributed by atoms with Crippen molar-refractivity contribution in [3.05, 3.63) is 41.7 Å². The highest BCUT2D eigenvalue weighted by atomic mass is 32.2.